The van der Waals surface area contributed by atoms with Crippen molar-refractivity contribution in [3.05, 3.63) is 33.9 Å². The van der Waals surface area contributed by atoms with Crippen LogP contribution in [0.5, 0.6) is 0 Å². The highest BCUT2D eigenvalue weighted by Crippen LogP contribution is 2.28. The number of likely N-dealkylation sites (N-methyl/N-ethyl adjacent to an activating group) is 1. The monoisotopic (exact) mass is 399 g/mol. The highest BCUT2D eigenvalue weighted by atomic mass is 32.2. The number of carboxylic acids is 1. The number of aliphatic carboxylic acids is 1. The van der Waals surface area contributed by atoms with Crippen LogP contribution in [0.1, 0.15) is 31.7 Å². The molecule has 0 radical (unpaired) electrons. The van der Waals surface area contributed by atoms with E-state index in [4.69, 9.17) is 5.11 Å². The molecule has 1 unspecified atom stereocenters. The van der Waals surface area contributed by atoms with Crippen LogP contribution in [0, 0.1) is 10.1 Å². The summed E-state index contributed by atoms with van der Waals surface area (Å²) in [5, 5.41) is 20.0. The van der Waals surface area contributed by atoms with Gasteiger partial charge in [0.15, 0.2) is 0 Å². The maximum absolute atomic E-state index is 13.1. The minimum Gasteiger partial charge on any atom is -0.480 e. The van der Waals surface area contributed by atoms with Gasteiger partial charge in [0.1, 0.15) is 0 Å². The number of carbonyl (C=O) groups is 1. The molecule has 1 saturated heterocycles. The average molecular weight is 399 g/mol. The fourth-order valence-corrected chi connectivity index (χ4v) is 5.21. The molecule has 1 N–H and O–H groups in total. The Morgan fingerprint density at radius 1 is 1.37 bits per heavy atom. The van der Waals surface area contributed by atoms with Crippen molar-refractivity contribution in [1.82, 2.24) is 9.21 Å². The standard InChI is InChI=1S/C17H25N3O6S/c1-3-13-6-7-15(20(23)24)11-16(13)27(25,26)19-9-4-5-14(8-10-19)18(2)12-17(21)22/h6-7,11,14H,3-5,8-10,12H2,1-2H3,(H,21,22). The topological polar surface area (TPSA) is 121 Å². The first-order valence-electron chi connectivity index (χ1n) is 8.86. The van der Waals surface area contributed by atoms with Crippen LogP contribution in [0.2, 0.25) is 0 Å². The highest BCUT2D eigenvalue weighted by Gasteiger charge is 2.31. The van der Waals surface area contributed by atoms with E-state index >= 15 is 0 Å². The molecule has 1 aromatic rings. The molecule has 0 bridgehead atoms. The van der Waals surface area contributed by atoms with E-state index < -0.39 is 20.9 Å². The van der Waals surface area contributed by atoms with Gasteiger partial charge in [-0.25, -0.2) is 8.42 Å². The quantitative estimate of drug-likeness (QED) is 0.547. The third-order valence-corrected chi connectivity index (χ3v) is 6.91. The van der Waals surface area contributed by atoms with Crippen molar-refractivity contribution in [3.63, 3.8) is 0 Å². The number of nitro groups is 1. The summed E-state index contributed by atoms with van der Waals surface area (Å²) in [4.78, 5) is 23.1. The molecule has 1 aromatic carbocycles. The first kappa shape index (κ1) is 21.3. The van der Waals surface area contributed by atoms with Gasteiger partial charge in [-0.3, -0.25) is 19.8 Å². The number of nitro benzene ring substituents is 1. The van der Waals surface area contributed by atoms with Crippen LogP contribution in [0.4, 0.5) is 5.69 Å². The highest BCUT2D eigenvalue weighted by molar-refractivity contribution is 7.89. The van der Waals surface area contributed by atoms with Crippen molar-refractivity contribution >= 4 is 21.7 Å². The zero-order valence-electron chi connectivity index (χ0n) is 15.5. The predicted octanol–water partition coefficient (Wildman–Crippen LogP) is 1.72. The predicted molar refractivity (Wildman–Crippen MR) is 99.1 cm³/mol. The first-order valence-corrected chi connectivity index (χ1v) is 10.3. The zero-order chi connectivity index (χ0) is 20.2. The molecular formula is C17H25N3O6S. The van der Waals surface area contributed by atoms with E-state index in [-0.39, 0.29) is 29.7 Å². The summed E-state index contributed by atoms with van der Waals surface area (Å²) < 4.78 is 27.6. The first-order chi connectivity index (χ1) is 12.7. The van der Waals surface area contributed by atoms with Crippen LogP contribution in [0.15, 0.2) is 23.1 Å². The Hall–Kier alpha value is -2.04. The van der Waals surface area contributed by atoms with Crippen molar-refractivity contribution < 1.29 is 23.2 Å². The number of hydrogen-bond donors (Lipinski definition) is 1. The molecule has 0 aliphatic carbocycles. The van der Waals surface area contributed by atoms with Crippen LogP contribution >= 0.6 is 0 Å². The van der Waals surface area contributed by atoms with E-state index in [1.165, 1.54) is 16.4 Å². The molecule has 1 heterocycles. The van der Waals surface area contributed by atoms with Gasteiger partial charge >= 0.3 is 5.97 Å². The maximum atomic E-state index is 13.1. The summed E-state index contributed by atoms with van der Waals surface area (Å²) in [7, 11) is -2.14. The molecule has 1 fully saturated rings. The SMILES string of the molecule is CCc1ccc([N+](=O)[O-])cc1S(=O)(=O)N1CCCC(N(C)CC(=O)O)CC1. The van der Waals surface area contributed by atoms with E-state index in [0.29, 0.717) is 37.8 Å². The molecule has 0 amide bonds. The molecule has 9 nitrogen and oxygen atoms in total. The second-order valence-corrected chi connectivity index (χ2v) is 8.61. The van der Waals surface area contributed by atoms with Crippen LogP contribution in [-0.2, 0) is 21.2 Å². The average Bonchev–Trinajstić information content (AvgIpc) is 2.87. The number of rotatable bonds is 7. The van der Waals surface area contributed by atoms with E-state index in [9.17, 15) is 23.3 Å². The van der Waals surface area contributed by atoms with E-state index in [1.807, 2.05) is 0 Å². The lowest BCUT2D eigenvalue weighted by Crippen LogP contribution is -2.37. The van der Waals surface area contributed by atoms with E-state index in [1.54, 1.807) is 18.9 Å². The molecule has 1 aliphatic rings. The molecule has 0 aromatic heterocycles. The van der Waals surface area contributed by atoms with Crippen molar-refractivity contribution in [2.45, 2.75) is 43.5 Å². The van der Waals surface area contributed by atoms with Gasteiger partial charge in [-0.05, 0) is 38.3 Å². The van der Waals surface area contributed by atoms with Gasteiger partial charge in [-0.1, -0.05) is 13.0 Å². The van der Waals surface area contributed by atoms with Crippen LogP contribution < -0.4 is 0 Å². The van der Waals surface area contributed by atoms with Gasteiger partial charge in [0.05, 0.1) is 16.4 Å². The molecule has 1 aliphatic heterocycles. The van der Waals surface area contributed by atoms with Gasteiger partial charge in [-0.2, -0.15) is 4.31 Å². The third-order valence-electron chi connectivity index (χ3n) is 4.92. The minimum absolute atomic E-state index is 0.0166. The number of hydrogen-bond acceptors (Lipinski definition) is 6. The normalized spacial score (nSPS) is 19.0. The molecule has 0 saturated carbocycles. The molecular weight excluding hydrogens is 374 g/mol. The van der Waals surface area contributed by atoms with Crippen LogP contribution in [-0.4, -0.2) is 66.3 Å². The van der Waals surface area contributed by atoms with Crippen LogP contribution in [0.3, 0.4) is 0 Å². The molecule has 10 heteroatoms. The largest absolute Gasteiger partial charge is 0.480 e. The smallest absolute Gasteiger partial charge is 0.317 e. The second-order valence-electron chi connectivity index (χ2n) is 6.70. The number of carboxylic acid groups (broad SMARTS) is 1. The summed E-state index contributed by atoms with van der Waals surface area (Å²) >= 11 is 0. The number of nitrogens with zero attached hydrogens (tertiary/aromatic N) is 3. The molecule has 27 heavy (non-hydrogen) atoms. The lowest BCUT2D eigenvalue weighted by Gasteiger charge is -2.25. The van der Waals surface area contributed by atoms with E-state index in [0.717, 1.165) is 6.07 Å². The van der Waals surface area contributed by atoms with E-state index in [2.05, 4.69) is 0 Å². The van der Waals surface area contributed by atoms with Gasteiger partial charge in [0.25, 0.3) is 5.69 Å². The summed E-state index contributed by atoms with van der Waals surface area (Å²) in [6, 6.07) is 3.92. The Kier molecular flexibility index (Phi) is 6.90. The van der Waals surface area contributed by atoms with Crippen molar-refractivity contribution in [2.75, 3.05) is 26.7 Å². The summed E-state index contributed by atoms with van der Waals surface area (Å²) in [6.45, 7) is 2.27. The van der Waals surface area contributed by atoms with Crippen LogP contribution in [0.25, 0.3) is 0 Å². The van der Waals surface area contributed by atoms with Gasteiger partial charge in [0, 0.05) is 31.3 Å². The molecule has 150 valence electrons. The van der Waals surface area contributed by atoms with Crippen molar-refractivity contribution in [3.8, 4) is 0 Å². The Labute approximate surface area is 158 Å². The molecule has 1 atom stereocenters. The second kappa shape index (κ2) is 8.77. The Morgan fingerprint density at radius 2 is 2.07 bits per heavy atom. The minimum atomic E-state index is -3.86. The summed E-state index contributed by atoms with van der Waals surface area (Å²) in [6.07, 6.45) is 2.26. The Morgan fingerprint density at radius 3 is 2.67 bits per heavy atom. The lowest BCUT2D eigenvalue weighted by molar-refractivity contribution is -0.385. The maximum Gasteiger partial charge on any atom is 0.317 e. The molecule has 2 rings (SSSR count). The van der Waals surface area contributed by atoms with Crippen molar-refractivity contribution in [2.24, 2.45) is 0 Å². The summed E-state index contributed by atoms with van der Waals surface area (Å²) in [5.41, 5.74) is 0.295. The fourth-order valence-electron chi connectivity index (χ4n) is 3.40. The van der Waals surface area contributed by atoms with Gasteiger partial charge in [-0.15, -0.1) is 0 Å². The number of benzene rings is 1. The fraction of sp³-hybridized carbons (Fsp3) is 0.588. The number of non-ortho nitro benzene ring substituents is 1. The lowest BCUT2D eigenvalue weighted by atomic mass is 10.1. The summed E-state index contributed by atoms with van der Waals surface area (Å²) in [5.74, 6) is -0.921. The number of aryl methyl sites for hydroxylation is 1. The Bertz CT molecular complexity index is 811. The molecule has 0 spiro atoms. The number of sulfonamides is 1. The van der Waals surface area contributed by atoms with Crippen molar-refractivity contribution in [1.29, 1.82) is 0 Å². The third kappa shape index (κ3) is 5.02. The van der Waals surface area contributed by atoms with Gasteiger partial charge < -0.3 is 5.11 Å². The van der Waals surface area contributed by atoms with Gasteiger partial charge in [0.2, 0.25) is 10.0 Å². The Balaban J connectivity index is 2.26. The zero-order valence-corrected chi connectivity index (χ0v) is 16.3.